The van der Waals surface area contributed by atoms with E-state index in [9.17, 15) is 0 Å². The molecule has 4 heteroatoms. The lowest BCUT2D eigenvalue weighted by Crippen LogP contribution is -2.27. The van der Waals surface area contributed by atoms with Crippen LogP contribution in [-0.2, 0) is 0 Å². The largest absolute Gasteiger partial charge is 0.469 e. The van der Waals surface area contributed by atoms with E-state index in [4.69, 9.17) is 4.74 Å². The molecule has 80 valence electrons. The number of nitrogens with zero attached hydrogens (tertiary/aromatic N) is 1. The fraction of sp³-hybridized carbons (Fsp3) is 0.700. The Morgan fingerprint density at radius 2 is 2.14 bits per heavy atom. The maximum absolute atomic E-state index is 5.50. The average Bonchev–Trinajstić information content (AvgIpc) is 2.40. The molecule has 0 aromatic carbocycles. The van der Waals surface area contributed by atoms with E-state index >= 15 is 0 Å². The lowest BCUT2D eigenvalue weighted by Gasteiger charge is -2.07. The SMILES string of the molecule is Cc1nc(OCCNC(C)C)sc1C. The molecule has 1 N–H and O–H groups in total. The molecule has 0 radical (unpaired) electrons. The lowest BCUT2D eigenvalue weighted by molar-refractivity contribution is 0.307. The summed E-state index contributed by atoms with van der Waals surface area (Å²) in [4.78, 5) is 5.53. The molecule has 14 heavy (non-hydrogen) atoms. The van der Waals surface area contributed by atoms with Crippen molar-refractivity contribution in [1.82, 2.24) is 10.3 Å². The standard InChI is InChI=1S/C10H18N2OS/c1-7(2)11-5-6-13-10-12-8(3)9(4)14-10/h7,11H,5-6H2,1-4H3. The Labute approximate surface area is 89.5 Å². The van der Waals surface area contributed by atoms with Crippen molar-refractivity contribution in [3.05, 3.63) is 10.6 Å². The zero-order chi connectivity index (χ0) is 10.6. The highest BCUT2D eigenvalue weighted by molar-refractivity contribution is 7.13. The molecular formula is C10H18N2OS. The smallest absolute Gasteiger partial charge is 0.273 e. The molecule has 0 amide bonds. The predicted molar refractivity (Wildman–Crippen MR) is 60.2 cm³/mol. The molecule has 0 aliphatic rings. The van der Waals surface area contributed by atoms with Crippen LogP contribution in [0.5, 0.6) is 5.19 Å². The molecule has 1 heterocycles. The normalized spacial score (nSPS) is 10.9. The Morgan fingerprint density at radius 3 is 2.64 bits per heavy atom. The minimum Gasteiger partial charge on any atom is -0.469 e. The Kier molecular flexibility index (Phi) is 4.35. The van der Waals surface area contributed by atoms with Crippen molar-refractivity contribution in [2.75, 3.05) is 13.2 Å². The van der Waals surface area contributed by atoms with Crippen LogP contribution in [0, 0.1) is 13.8 Å². The molecule has 0 spiro atoms. The first-order valence-electron chi connectivity index (χ1n) is 4.90. The molecule has 1 aromatic heterocycles. The topological polar surface area (TPSA) is 34.1 Å². The van der Waals surface area contributed by atoms with Crippen LogP contribution in [-0.4, -0.2) is 24.2 Å². The van der Waals surface area contributed by atoms with Crippen LogP contribution < -0.4 is 10.1 Å². The van der Waals surface area contributed by atoms with E-state index in [1.807, 2.05) is 6.92 Å². The maximum atomic E-state index is 5.50. The van der Waals surface area contributed by atoms with Crippen molar-refractivity contribution in [1.29, 1.82) is 0 Å². The number of hydrogen-bond donors (Lipinski definition) is 1. The summed E-state index contributed by atoms with van der Waals surface area (Å²) in [6.07, 6.45) is 0. The summed E-state index contributed by atoms with van der Waals surface area (Å²) in [5.74, 6) is 0. The minimum absolute atomic E-state index is 0.512. The van der Waals surface area contributed by atoms with E-state index in [1.54, 1.807) is 11.3 Å². The first kappa shape index (κ1) is 11.5. The molecule has 0 atom stereocenters. The van der Waals surface area contributed by atoms with Gasteiger partial charge in [-0.15, -0.1) is 0 Å². The summed E-state index contributed by atoms with van der Waals surface area (Å²) >= 11 is 1.61. The molecule has 0 bridgehead atoms. The highest BCUT2D eigenvalue weighted by Gasteiger charge is 2.03. The summed E-state index contributed by atoms with van der Waals surface area (Å²) in [5.41, 5.74) is 1.07. The second kappa shape index (κ2) is 5.32. The number of aromatic nitrogens is 1. The quantitative estimate of drug-likeness (QED) is 0.762. The summed E-state index contributed by atoms with van der Waals surface area (Å²) in [6, 6.07) is 0.512. The number of ether oxygens (including phenoxy) is 1. The Balaban J connectivity index is 2.25. The van der Waals surface area contributed by atoms with Gasteiger partial charge >= 0.3 is 0 Å². The summed E-state index contributed by atoms with van der Waals surface area (Å²) < 4.78 is 5.50. The summed E-state index contributed by atoms with van der Waals surface area (Å²) in [5, 5.41) is 4.07. The van der Waals surface area contributed by atoms with E-state index in [0.29, 0.717) is 12.6 Å². The van der Waals surface area contributed by atoms with E-state index in [2.05, 4.69) is 31.1 Å². The van der Waals surface area contributed by atoms with Gasteiger partial charge in [-0.25, -0.2) is 4.98 Å². The van der Waals surface area contributed by atoms with Crippen LogP contribution in [0.15, 0.2) is 0 Å². The Hall–Kier alpha value is -0.610. The van der Waals surface area contributed by atoms with Crippen LogP contribution in [0.25, 0.3) is 0 Å². The number of thiazole rings is 1. The van der Waals surface area contributed by atoms with Gasteiger partial charge in [0.05, 0.1) is 5.69 Å². The molecule has 0 aliphatic heterocycles. The van der Waals surface area contributed by atoms with Crippen LogP contribution in [0.3, 0.4) is 0 Å². The van der Waals surface area contributed by atoms with E-state index in [0.717, 1.165) is 17.4 Å². The zero-order valence-corrected chi connectivity index (χ0v) is 10.1. The van der Waals surface area contributed by atoms with Gasteiger partial charge in [0.1, 0.15) is 6.61 Å². The van der Waals surface area contributed by atoms with E-state index in [-0.39, 0.29) is 0 Å². The summed E-state index contributed by atoms with van der Waals surface area (Å²) in [7, 11) is 0. The molecule has 0 saturated heterocycles. The average molecular weight is 214 g/mol. The van der Waals surface area contributed by atoms with Gasteiger partial charge in [-0.05, 0) is 13.8 Å². The van der Waals surface area contributed by atoms with Gasteiger partial charge < -0.3 is 10.1 Å². The fourth-order valence-corrected chi connectivity index (χ4v) is 1.77. The van der Waals surface area contributed by atoms with Gasteiger partial charge in [0.25, 0.3) is 5.19 Å². The molecule has 1 aromatic rings. The van der Waals surface area contributed by atoms with Gasteiger partial charge in [-0.2, -0.15) is 0 Å². The molecule has 3 nitrogen and oxygen atoms in total. The number of aryl methyl sites for hydroxylation is 2. The van der Waals surface area contributed by atoms with Crippen molar-refractivity contribution in [2.45, 2.75) is 33.7 Å². The highest BCUT2D eigenvalue weighted by Crippen LogP contribution is 2.22. The van der Waals surface area contributed by atoms with Gasteiger partial charge in [0, 0.05) is 17.5 Å². The molecular weight excluding hydrogens is 196 g/mol. The van der Waals surface area contributed by atoms with Gasteiger partial charge in [0.15, 0.2) is 0 Å². The molecule has 0 aliphatic carbocycles. The second-order valence-corrected chi connectivity index (χ2v) is 4.74. The summed E-state index contributed by atoms with van der Waals surface area (Å²) in [6.45, 7) is 9.87. The highest BCUT2D eigenvalue weighted by atomic mass is 32.1. The van der Waals surface area contributed by atoms with Crippen molar-refractivity contribution in [3.8, 4) is 5.19 Å². The molecule has 1 rings (SSSR count). The van der Waals surface area contributed by atoms with Crippen LogP contribution in [0.1, 0.15) is 24.4 Å². The third-order valence-corrected chi connectivity index (χ3v) is 2.87. The molecule has 0 unspecified atom stereocenters. The van der Waals surface area contributed by atoms with Gasteiger partial charge in [0.2, 0.25) is 0 Å². The number of nitrogens with one attached hydrogen (secondary N) is 1. The second-order valence-electron chi connectivity index (χ2n) is 3.58. The van der Waals surface area contributed by atoms with Crippen LogP contribution in [0.4, 0.5) is 0 Å². The van der Waals surface area contributed by atoms with E-state index in [1.165, 1.54) is 4.88 Å². The maximum Gasteiger partial charge on any atom is 0.273 e. The minimum atomic E-state index is 0.512. The van der Waals surface area contributed by atoms with E-state index < -0.39 is 0 Å². The van der Waals surface area contributed by atoms with Gasteiger partial charge in [-0.1, -0.05) is 25.2 Å². The molecule has 0 fully saturated rings. The predicted octanol–water partition coefficient (Wildman–Crippen LogP) is 2.14. The number of hydrogen-bond acceptors (Lipinski definition) is 4. The molecule has 0 saturated carbocycles. The monoisotopic (exact) mass is 214 g/mol. The zero-order valence-electron chi connectivity index (χ0n) is 9.26. The van der Waals surface area contributed by atoms with Crippen LogP contribution >= 0.6 is 11.3 Å². The van der Waals surface area contributed by atoms with Gasteiger partial charge in [-0.3, -0.25) is 0 Å². The third kappa shape index (κ3) is 3.64. The lowest BCUT2D eigenvalue weighted by atomic mass is 10.4. The first-order chi connectivity index (χ1) is 6.59. The Morgan fingerprint density at radius 1 is 1.43 bits per heavy atom. The Bertz CT molecular complexity index is 264. The third-order valence-electron chi connectivity index (χ3n) is 1.89. The fourth-order valence-electron chi connectivity index (χ4n) is 0.991. The first-order valence-corrected chi connectivity index (χ1v) is 5.71. The van der Waals surface area contributed by atoms with Crippen LogP contribution in [0.2, 0.25) is 0 Å². The number of rotatable bonds is 5. The van der Waals surface area contributed by atoms with Crippen molar-refractivity contribution in [2.24, 2.45) is 0 Å². The van der Waals surface area contributed by atoms with Crippen molar-refractivity contribution < 1.29 is 4.74 Å². The van der Waals surface area contributed by atoms with Crippen molar-refractivity contribution in [3.63, 3.8) is 0 Å². The van der Waals surface area contributed by atoms with Crippen molar-refractivity contribution >= 4 is 11.3 Å².